The molecule has 0 fully saturated rings. The summed E-state index contributed by atoms with van der Waals surface area (Å²) in [7, 11) is 0. The van der Waals surface area contributed by atoms with Crippen molar-refractivity contribution in [3.05, 3.63) is 75.7 Å². The first-order valence-electron chi connectivity index (χ1n) is 7.00. The summed E-state index contributed by atoms with van der Waals surface area (Å²) in [5.41, 5.74) is 6.45. The molecule has 0 aliphatic heterocycles. The highest BCUT2D eigenvalue weighted by Crippen LogP contribution is 2.19. The highest BCUT2D eigenvalue weighted by Gasteiger charge is 1.99. The molecule has 0 bridgehead atoms. The summed E-state index contributed by atoms with van der Waals surface area (Å²) in [6.07, 6.45) is 2.26. The van der Waals surface area contributed by atoms with Gasteiger partial charge in [0.2, 0.25) is 0 Å². The van der Waals surface area contributed by atoms with Gasteiger partial charge in [-0.3, -0.25) is 0 Å². The molecule has 20 heavy (non-hydrogen) atoms. The molecule has 0 aliphatic rings. The first-order chi connectivity index (χ1) is 9.49. The lowest BCUT2D eigenvalue weighted by Gasteiger charge is -2.06. The quantitative estimate of drug-likeness (QED) is 0.767. The van der Waals surface area contributed by atoms with E-state index < -0.39 is 0 Å². The maximum atomic E-state index is 4.13. The first-order valence-corrected chi connectivity index (χ1v) is 7.00. The van der Waals surface area contributed by atoms with E-state index in [-0.39, 0.29) is 0 Å². The maximum Gasteiger partial charge on any atom is -0.0158 e. The summed E-state index contributed by atoms with van der Waals surface area (Å²) in [4.78, 5) is 0. The lowest BCUT2D eigenvalue weighted by Crippen LogP contribution is -2.24. The van der Waals surface area contributed by atoms with Gasteiger partial charge >= 0.3 is 0 Å². The molecule has 0 N–H and O–H groups in total. The normalized spacial score (nSPS) is 13.3. The topological polar surface area (TPSA) is 0 Å². The van der Waals surface area contributed by atoms with E-state index in [1.165, 1.54) is 33.1 Å². The molecular weight excluding hydrogens is 240 g/mol. The van der Waals surface area contributed by atoms with E-state index in [1.807, 2.05) is 0 Å². The Bertz CT molecular complexity index is 761. The van der Waals surface area contributed by atoms with E-state index >= 15 is 0 Å². The Morgan fingerprint density at radius 3 is 2.40 bits per heavy atom. The third kappa shape index (κ3) is 3.08. The van der Waals surface area contributed by atoms with Crippen molar-refractivity contribution in [2.75, 3.05) is 0 Å². The van der Waals surface area contributed by atoms with Gasteiger partial charge in [0.15, 0.2) is 0 Å². The number of hydrogen-bond donors (Lipinski definition) is 0. The minimum absolute atomic E-state index is 1.09. The van der Waals surface area contributed by atoms with Crippen molar-refractivity contribution < 1.29 is 0 Å². The van der Waals surface area contributed by atoms with Crippen LogP contribution in [0.15, 0.2) is 48.5 Å². The zero-order valence-corrected chi connectivity index (χ0v) is 12.8. The third-order valence-electron chi connectivity index (χ3n) is 3.69. The molecule has 0 nitrogen and oxygen atoms in total. The summed E-state index contributed by atoms with van der Waals surface area (Å²) in [6, 6.07) is 14.9. The molecule has 2 aromatic rings. The van der Waals surface area contributed by atoms with Crippen LogP contribution in [0.25, 0.3) is 17.7 Å². The number of hydrogen-bond acceptors (Lipinski definition) is 0. The van der Waals surface area contributed by atoms with Crippen molar-refractivity contribution in [3.8, 4) is 0 Å². The summed E-state index contributed by atoms with van der Waals surface area (Å²) in [6.45, 7) is 12.7. The molecule has 0 atom stereocenters. The van der Waals surface area contributed by atoms with Gasteiger partial charge in [-0.2, -0.15) is 0 Å². The van der Waals surface area contributed by atoms with Gasteiger partial charge in [-0.25, -0.2) is 0 Å². The molecule has 0 radical (unpaired) electrons. The summed E-state index contributed by atoms with van der Waals surface area (Å²) in [5.74, 6) is 0. The predicted octanol–water partition coefficient (Wildman–Crippen LogP) is 3.99. The van der Waals surface area contributed by atoms with Crippen LogP contribution in [0.4, 0.5) is 0 Å². The summed E-state index contributed by atoms with van der Waals surface area (Å²) < 4.78 is 0. The van der Waals surface area contributed by atoms with Crippen molar-refractivity contribution >= 4 is 17.7 Å². The van der Waals surface area contributed by atoms with Crippen LogP contribution in [-0.2, 0) is 0 Å². The molecule has 0 saturated carbocycles. The Morgan fingerprint density at radius 2 is 1.70 bits per heavy atom. The summed E-state index contributed by atoms with van der Waals surface area (Å²) in [5, 5.41) is 2.32. The smallest absolute Gasteiger partial charge is 0.0158 e. The molecule has 0 amide bonds. The van der Waals surface area contributed by atoms with E-state index in [4.69, 9.17) is 0 Å². The molecule has 0 spiro atoms. The highest BCUT2D eigenvalue weighted by atomic mass is 14.0. The highest BCUT2D eigenvalue weighted by molar-refractivity contribution is 5.75. The Morgan fingerprint density at radius 1 is 1.00 bits per heavy atom. The van der Waals surface area contributed by atoms with E-state index in [0.717, 1.165) is 5.22 Å². The molecule has 102 valence electrons. The van der Waals surface area contributed by atoms with Crippen LogP contribution >= 0.6 is 0 Å². The van der Waals surface area contributed by atoms with Gasteiger partial charge in [0, 0.05) is 0 Å². The fourth-order valence-electron chi connectivity index (χ4n) is 2.55. The molecule has 2 aromatic carbocycles. The Balaban J connectivity index is 2.57. The van der Waals surface area contributed by atoms with Gasteiger partial charge in [-0.1, -0.05) is 60.7 Å². The molecule has 0 aliphatic carbocycles. The van der Waals surface area contributed by atoms with Gasteiger partial charge in [0.25, 0.3) is 0 Å². The molecule has 0 aromatic heterocycles. The van der Waals surface area contributed by atoms with Crippen molar-refractivity contribution in [2.45, 2.75) is 27.7 Å². The lowest BCUT2D eigenvalue weighted by atomic mass is 9.99. The lowest BCUT2D eigenvalue weighted by molar-refractivity contribution is 1.38. The molecular formula is C20H22. The Kier molecular flexibility index (Phi) is 4.24. The van der Waals surface area contributed by atoms with E-state index in [2.05, 4.69) is 82.8 Å². The van der Waals surface area contributed by atoms with Crippen LogP contribution in [0, 0.1) is 13.8 Å². The number of rotatable bonds is 2. The van der Waals surface area contributed by atoms with Crippen molar-refractivity contribution in [3.63, 3.8) is 0 Å². The van der Waals surface area contributed by atoms with Crippen molar-refractivity contribution in [2.24, 2.45) is 0 Å². The average Bonchev–Trinajstić information content (AvgIpc) is 2.41. The fourth-order valence-corrected chi connectivity index (χ4v) is 2.55. The van der Waals surface area contributed by atoms with Gasteiger partial charge in [-0.05, 0) is 60.4 Å². The fraction of sp³-hybridized carbons (Fsp3) is 0.200. The van der Waals surface area contributed by atoms with Gasteiger partial charge in [-0.15, -0.1) is 0 Å². The predicted molar refractivity (Wildman–Crippen MR) is 89.9 cm³/mol. The Hall–Kier alpha value is -2.08. The second kappa shape index (κ2) is 5.92. The summed E-state index contributed by atoms with van der Waals surface area (Å²) >= 11 is 0. The van der Waals surface area contributed by atoms with Crippen LogP contribution < -0.4 is 10.4 Å². The van der Waals surface area contributed by atoms with Gasteiger partial charge < -0.3 is 0 Å². The van der Waals surface area contributed by atoms with Crippen LogP contribution in [0.1, 0.15) is 30.5 Å². The van der Waals surface area contributed by atoms with E-state index in [9.17, 15) is 0 Å². The number of aryl methyl sites for hydroxylation is 2. The minimum atomic E-state index is 1.09. The SMILES string of the molecule is C=c1ccc(C)c/c1=C(C)/C=C(\C)c1ccccc1C. The van der Waals surface area contributed by atoms with Crippen LogP contribution in [0.5, 0.6) is 0 Å². The number of allylic oxidation sites excluding steroid dienone is 2. The van der Waals surface area contributed by atoms with E-state index in [1.54, 1.807) is 0 Å². The second-order valence-electron chi connectivity index (χ2n) is 5.49. The molecule has 0 unspecified atom stereocenters. The van der Waals surface area contributed by atoms with Crippen LogP contribution in [0.2, 0.25) is 0 Å². The monoisotopic (exact) mass is 262 g/mol. The molecule has 0 saturated heterocycles. The first kappa shape index (κ1) is 14.3. The molecule has 2 rings (SSSR count). The minimum Gasteiger partial charge on any atom is -0.0911 e. The Labute approximate surface area is 121 Å². The largest absolute Gasteiger partial charge is 0.0911 e. The number of benzene rings is 2. The van der Waals surface area contributed by atoms with Gasteiger partial charge in [0.1, 0.15) is 0 Å². The van der Waals surface area contributed by atoms with Crippen molar-refractivity contribution in [1.82, 2.24) is 0 Å². The molecule has 0 heteroatoms. The standard InChI is InChI=1S/C20H22/c1-14-10-11-16(3)20(12-14)18(5)13-17(4)19-9-7-6-8-15(19)2/h6-13H,3H2,1-2,4-5H3/b17-13+,20-18-. The second-order valence-corrected chi connectivity index (χ2v) is 5.49. The van der Waals surface area contributed by atoms with Gasteiger partial charge in [0.05, 0.1) is 0 Å². The third-order valence-corrected chi connectivity index (χ3v) is 3.69. The zero-order valence-electron chi connectivity index (χ0n) is 12.8. The molecule has 0 heterocycles. The van der Waals surface area contributed by atoms with Crippen LogP contribution in [-0.4, -0.2) is 0 Å². The maximum absolute atomic E-state index is 4.13. The zero-order chi connectivity index (χ0) is 14.7. The van der Waals surface area contributed by atoms with Crippen LogP contribution in [0.3, 0.4) is 0 Å². The van der Waals surface area contributed by atoms with E-state index in [0.29, 0.717) is 0 Å². The average molecular weight is 262 g/mol. The van der Waals surface area contributed by atoms with Crippen molar-refractivity contribution in [1.29, 1.82) is 0 Å².